The highest BCUT2D eigenvalue weighted by Crippen LogP contribution is 2.26. The van der Waals surface area contributed by atoms with Gasteiger partial charge in [-0.15, -0.1) is 0 Å². The monoisotopic (exact) mass is 286 g/mol. The Balaban J connectivity index is 2.82. The number of nitrogens with one attached hydrogen (secondary N) is 1. The molecule has 0 saturated carbocycles. The first-order valence-electron chi connectivity index (χ1n) is 6.33. The van der Waals surface area contributed by atoms with Gasteiger partial charge in [-0.3, -0.25) is 0 Å². The van der Waals surface area contributed by atoms with Crippen LogP contribution >= 0.6 is 0 Å². The standard InChI is InChI=1S/C13H22N2O3S/c1-4-10(2)7-8-15-11-5-6-12(18-3)13(9-11)19(14,16)17/h5-6,9-10,15H,4,7-8H2,1-3H3,(H2,14,16,17). The minimum atomic E-state index is -3.78. The van der Waals surface area contributed by atoms with Crippen molar-refractivity contribution in [3.05, 3.63) is 18.2 Å². The smallest absolute Gasteiger partial charge is 0.241 e. The second kappa shape index (κ2) is 6.77. The van der Waals surface area contributed by atoms with E-state index in [-0.39, 0.29) is 10.6 Å². The van der Waals surface area contributed by atoms with Gasteiger partial charge in [-0.2, -0.15) is 0 Å². The number of ether oxygens (including phenoxy) is 1. The van der Waals surface area contributed by atoms with Gasteiger partial charge in [-0.05, 0) is 30.5 Å². The van der Waals surface area contributed by atoms with E-state index < -0.39 is 10.0 Å². The average Bonchev–Trinajstić information content (AvgIpc) is 2.37. The maximum Gasteiger partial charge on any atom is 0.241 e. The molecule has 0 aromatic heterocycles. The van der Waals surface area contributed by atoms with E-state index in [0.717, 1.165) is 25.1 Å². The molecule has 0 fully saturated rings. The lowest BCUT2D eigenvalue weighted by atomic mass is 10.1. The molecule has 5 nitrogen and oxygen atoms in total. The molecule has 0 aliphatic rings. The Morgan fingerprint density at radius 3 is 2.63 bits per heavy atom. The molecular weight excluding hydrogens is 264 g/mol. The zero-order valence-corrected chi connectivity index (χ0v) is 12.5. The molecule has 19 heavy (non-hydrogen) atoms. The Kier molecular flexibility index (Phi) is 5.62. The van der Waals surface area contributed by atoms with E-state index in [1.54, 1.807) is 12.1 Å². The fraction of sp³-hybridized carbons (Fsp3) is 0.538. The molecule has 1 rings (SSSR count). The van der Waals surface area contributed by atoms with E-state index >= 15 is 0 Å². The molecular formula is C13H22N2O3S. The van der Waals surface area contributed by atoms with Gasteiger partial charge in [-0.1, -0.05) is 20.3 Å². The number of primary sulfonamides is 1. The van der Waals surface area contributed by atoms with Gasteiger partial charge in [0.05, 0.1) is 7.11 Å². The SMILES string of the molecule is CCC(C)CCNc1ccc(OC)c(S(N)(=O)=O)c1. The number of benzene rings is 1. The normalized spacial score (nSPS) is 13.1. The third-order valence-corrected chi connectivity index (χ3v) is 4.07. The van der Waals surface area contributed by atoms with Crippen molar-refractivity contribution in [2.24, 2.45) is 11.1 Å². The van der Waals surface area contributed by atoms with Gasteiger partial charge >= 0.3 is 0 Å². The first-order valence-corrected chi connectivity index (χ1v) is 7.87. The maximum atomic E-state index is 11.5. The van der Waals surface area contributed by atoms with Gasteiger partial charge in [0.15, 0.2) is 0 Å². The summed E-state index contributed by atoms with van der Waals surface area (Å²) in [7, 11) is -2.36. The summed E-state index contributed by atoms with van der Waals surface area (Å²) in [5.41, 5.74) is 0.730. The Bertz CT molecular complexity index is 515. The number of nitrogens with two attached hydrogens (primary N) is 1. The van der Waals surface area contributed by atoms with Crippen molar-refractivity contribution in [2.75, 3.05) is 19.0 Å². The number of sulfonamides is 1. The second-order valence-corrected chi connectivity index (χ2v) is 6.17. The summed E-state index contributed by atoms with van der Waals surface area (Å²) in [5.74, 6) is 0.901. The number of hydrogen-bond donors (Lipinski definition) is 2. The second-order valence-electron chi connectivity index (χ2n) is 4.64. The molecule has 0 saturated heterocycles. The lowest BCUT2D eigenvalue weighted by Gasteiger charge is -2.12. The molecule has 0 heterocycles. The lowest BCUT2D eigenvalue weighted by Crippen LogP contribution is -2.14. The summed E-state index contributed by atoms with van der Waals surface area (Å²) in [6.07, 6.45) is 2.17. The summed E-state index contributed by atoms with van der Waals surface area (Å²) in [5, 5.41) is 8.36. The third-order valence-electron chi connectivity index (χ3n) is 3.13. The molecule has 0 amide bonds. The highest BCUT2D eigenvalue weighted by molar-refractivity contribution is 7.89. The van der Waals surface area contributed by atoms with Crippen LogP contribution in [0.4, 0.5) is 5.69 Å². The van der Waals surface area contributed by atoms with Crippen LogP contribution in [0.25, 0.3) is 0 Å². The van der Waals surface area contributed by atoms with Crippen LogP contribution in [0.5, 0.6) is 5.75 Å². The quantitative estimate of drug-likeness (QED) is 0.805. The van der Waals surface area contributed by atoms with E-state index in [1.807, 2.05) is 0 Å². The highest BCUT2D eigenvalue weighted by Gasteiger charge is 2.15. The molecule has 1 unspecified atom stereocenters. The van der Waals surface area contributed by atoms with E-state index in [1.165, 1.54) is 13.2 Å². The molecule has 0 radical (unpaired) electrons. The van der Waals surface area contributed by atoms with E-state index in [0.29, 0.717) is 5.92 Å². The van der Waals surface area contributed by atoms with Gasteiger partial charge in [0.1, 0.15) is 10.6 Å². The molecule has 0 spiro atoms. The molecule has 0 aliphatic heterocycles. The minimum absolute atomic E-state index is 0.00328. The summed E-state index contributed by atoms with van der Waals surface area (Å²) in [6, 6.07) is 4.89. The van der Waals surface area contributed by atoms with Crippen molar-refractivity contribution in [3.8, 4) is 5.75 Å². The molecule has 108 valence electrons. The Morgan fingerprint density at radius 2 is 2.11 bits per heavy atom. The summed E-state index contributed by atoms with van der Waals surface area (Å²) in [4.78, 5) is 0.00328. The van der Waals surface area contributed by atoms with Crippen molar-refractivity contribution >= 4 is 15.7 Å². The van der Waals surface area contributed by atoms with Crippen molar-refractivity contribution in [1.29, 1.82) is 0 Å². The maximum absolute atomic E-state index is 11.5. The number of rotatable bonds is 7. The Labute approximate surface area is 115 Å². The van der Waals surface area contributed by atoms with Crippen molar-refractivity contribution in [3.63, 3.8) is 0 Å². The largest absolute Gasteiger partial charge is 0.495 e. The van der Waals surface area contributed by atoms with Crippen LogP contribution in [-0.2, 0) is 10.0 Å². The van der Waals surface area contributed by atoms with Crippen LogP contribution in [0.3, 0.4) is 0 Å². The molecule has 6 heteroatoms. The fourth-order valence-electron chi connectivity index (χ4n) is 1.68. The van der Waals surface area contributed by atoms with E-state index in [4.69, 9.17) is 9.88 Å². The fourth-order valence-corrected chi connectivity index (χ4v) is 2.40. The van der Waals surface area contributed by atoms with Crippen LogP contribution < -0.4 is 15.2 Å². The van der Waals surface area contributed by atoms with Crippen LogP contribution in [0, 0.1) is 5.92 Å². The molecule has 0 bridgehead atoms. The predicted molar refractivity (Wildman–Crippen MR) is 76.9 cm³/mol. The molecule has 3 N–H and O–H groups in total. The van der Waals surface area contributed by atoms with Gasteiger partial charge < -0.3 is 10.1 Å². The highest BCUT2D eigenvalue weighted by atomic mass is 32.2. The van der Waals surface area contributed by atoms with Gasteiger partial charge in [-0.25, -0.2) is 13.6 Å². The molecule has 1 aromatic carbocycles. The number of hydrogen-bond acceptors (Lipinski definition) is 4. The number of methoxy groups -OCH3 is 1. The van der Waals surface area contributed by atoms with Crippen molar-refractivity contribution in [1.82, 2.24) is 0 Å². The summed E-state index contributed by atoms with van der Waals surface area (Å²) < 4.78 is 27.9. The summed E-state index contributed by atoms with van der Waals surface area (Å²) >= 11 is 0. The zero-order chi connectivity index (χ0) is 14.5. The van der Waals surface area contributed by atoms with E-state index in [2.05, 4.69) is 19.2 Å². The number of anilines is 1. The van der Waals surface area contributed by atoms with Crippen LogP contribution in [0.2, 0.25) is 0 Å². The average molecular weight is 286 g/mol. The van der Waals surface area contributed by atoms with Crippen molar-refractivity contribution < 1.29 is 13.2 Å². The van der Waals surface area contributed by atoms with Gasteiger partial charge in [0.25, 0.3) is 0 Å². The Morgan fingerprint density at radius 1 is 1.42 bits per heavy atom. The zero-order valence-electron chi connectivity index (χ0n) is 11.6. The van der Waals surface area contributed by atoms with Crippen LogP contribution in [-0.4, -0.2) is 22.1 Å². The Hall–Kier alpha value is -1.27. The van der Waals surface area contributed by atoms with Crippen LogP contribution in [0.1, 0.15) is 26.7 Å². The third kappa shape index (κ3) is 4.72. The first kappa shape index (κ1) is 15.8. The van der Waals surface area contributed by atoms with Crippen LogP contribution in [0.15, 0.2) is 23.1 Å². The first-order chi connectivity index (χ1) is 8.88. The summed E-state index contributed by atoms with van der Waals surface area (Å²) in [6.45, 7) is 5.13. The molecule has 1 aromatic rings. The van der Waals surface area contributed by atoms with Gasteiger partial charge in [0.2, 0.25) is 10.0 Å². The van der Waals surface area contributed by atoms with E-state index in [9.17, 15) is 8.42 Å². The van der Waals surface area contributed by atoms with Gasteiger partial charge in [0, 0.05) is 12.2 Å². The molecule has 0 aliphatic carbocycles. The minimum Gasteiger partial charge on any atom is -0.495 e. The lowest BCUT2D eigenvalue weighted by molar-refractivity contribution is 0.403. The predicted octanol–water partition coefficient (Wildman–Crippen LogP) is 2.19. The van der Waals surface area contributed by atoms with Crippen molar-refractivity contribution in [2.45, 2.75) is 31.6 Å². The topological polar surface area (TPSA) is 81.4 Å². The molecule has 1 atom stereocenters.